The summed E-state index contributed by atoms with van der Waals surface area (Å²) in [6, 6.07) is 9.90. The third-order valence-electron chi connectivity index (χ3n) is 3.17. The molecule has 0 fully saturated rings. The molecule has 0 aliphatic carbocycles. The Labute approximate surface area is 139 Å². The molecule has 8 N–H and O–H groups in total. The molecule has 0 spiro atoms. The van der Waals surface area contributed by atoms with Crippen LogP contribution in [0.15, 0.2) is 42.5 Å². The maximum Gasteiger partial charge on any atom is 0.248 e. The third kappa shape index (κ3) is 4.65. The fraction of sp³-hybridized carbons (Fsp3) is 0.118. The van der Waals surface area contributed by atoms with Gasteiger partial charge in [0.15, 0.2) is 0 Å². The Bertz CT molecular complexity index is 759. The third-order valence-corrected chi connectivity index (χ3v) is 3.17. The van der Waals surface area contributed by atoms with Crippen LogP contribution >= 0.6 is 0 Å². The Morgan fingerprint density at radius 2 is 1.88 bits per heavy atom. The zero-order chi connectivity index (χ0) is 17.5. The number of aliphatic hydroxyl groups is 1. The van der Waals surface area contributed by atoms with Gasteiger partial charge in [0.1, 0.15) is 12.4 Å². The van der Waals surface area contributed by atoms with Crippen molar-refractivity contribution in [1.29, 1.82) is 0 Å². The molecule has 0 heterocycles. The standard InChI is InChI=1S/C17H20N4O3/c18-12-2-4-14(19)11(9-12)1-6-17(23)21-16-10-13(24-8-7-22)3-5-15(16)20/h1-6,9-10,22H,7-8,18-20H2,(H,21,23). The second-order valence-corrected chi connectivity index (χ2v) is 5.03. The molecule has 7 nitrogen and oxygen atoms in total. The van der Waals surface area contributed by atoms with E-state index in [1.165, 1.54) is 6.08 Å². The molecule has 0 saturated carbocycles. The zero-order valence-electron chi connectivity index (χ0n) is 13.0. The number of benzene rings is 2. The lowest BCUT2D eigenvalue weighted by Crippen LogP contribution is -2.10. The molecular formula is C17H20N4O3. The second kappa shape index (κ2) is 7.89. The molecule has 2 aromatic carbocycles. The molecule has 0 aliphatic rings. The van der Waals surface area contributed by atoms with Crippen molar-refractivity contribution in [3.05, 3.63) is 48.0 Å². The Kier molecular flexibility index (Phi) is 5.64. The molecule has 0 aromatic heterocycles. The number of nitrogens with two attached hydrogens (primary N) is 3. The van der Waals surface area contributed by atoms with E-state index in [1.807, 2.05) is 0 Å². The first-order valence-corrected chi connectivity index (χ1v) is 7.27. The van der Waals surface area contributed by atoms with E-state index in [4.69, 9.17) is 27.0 Å². The van der Waals surface area contributed by atoms with Gasteiger partial charge in [-0.25, -0.2) is 0 Å². The lowest BCUT2D eigenvalue weighted by molar-refractivity contribution is -0.111. The van der Waals surface area contributed by atoms with Gasteiger partial charge in [0.25, 0.3) is 0 Å². The number of nitrogen functional groups attached to an aromatic ring is 3. The molecule has 126 valence electrons. The first-order chi connectivity index (χ1) is 11.5. The highest BCUT2D eigenvalue weighted by molar-refractivity contribution is 6.04. The highest BCUT2D eigenvalue weighted by Crippen LogP contribution is 2.25. The van der Waals surface area contributed by atoms with Gasteiger partial charge >= 0.3 is 0 Å². The van der Waals surface area contributed by atoms with Crippen LogP contribution in [0.2, 0.25) is 0 Å². The van der Waals surface area contributed by atoms with Crippen LogP contribution in [0.5, 0.6) is 5.75 Å². The summed E-state index contributed by atoms with van der Waals surface area (Å²) < 4.78 is 5.29. The van der Waals surface area contributed by atoms with Crippen LogP contribution in [0.3, 0.4) is 0 Å². The van der Waals surface area contributed by atoms with E-state index in [1.54, 1.807) is 42.5 Å². The van der Waals surface area contributed by atoms with Gasteiger partial charge in [-0.05, 0) is 42.0 Å². The van der Waals surface area contributed by atoms with Gasteiger partial charge < -0.3 is 32.4 Å². The van der Waals surface area contributed by atoms with Crippen LogP contribution in [-0.4, -0.2) is 24.2 Å². The van der Waals surface area contributed by atoms with E-state index in [-0.39, 0.29) is 19.1 Å². The lowest BCUT2D eigenvalue weighted by atomic mass is 10.1. The summed E-state index contributed by atoms with van der Waals surface area (Å²) in [5.74, 6) is 0.125. The van der Waals surface area contributed by atoms with Crippen molar-refractivity contribution < 1.29 is 14.6 Å². The van der Waals surface area contributed by atoms with Crippen molar-refractivity contribution in [2.45, 2.75) is 0 Å². The predicted molar refractivity (Wildman–Crippen MR) is 96.4 cm³/mol. The number of hydrogen-bond donors (Lipinski definition) is 5. The smallest absolute Gasteiger partial charge is 0.248 e. The Morgan fingerprint density at radius 3 is 2.62 bits per heavy atom. The molecule has 7 heteroatoms. The zero-order valence-corrected chi connectivity index (χ0v) is 13.0. The van der Waals surface area contributed by atoms with Crippen molar-refractivity contribution >= 4 is 34.7 Å². The van der Waals surface area contributed by atoms with Gasteiger partial charge in [-0.1, -0.05) is 0 Å². The summed E-state index contributed by atoms with van der Waals surface area (Å²) in [5.41, 5.74) is 19.9. The molecule has 1 amide bonds. The largest absolute Gasteiger partial charge is 0.491 e. The highest BCUT2D eigenvalue weighted by Gasteiger charge is 2.05. The SMILES string of the molecule is Nc1ccc(N)c(C=CC(=O)Nc2cc(OCCO)ccc2N)c1. The number of nitrogens with one attached hydrogen (secondary N) is 1. The predicted octanol–water partition coefficient (Wildman–Crippen LogP) is 1.46. The van der Waals surface area contributed by atoms with Crippen molar-refractivity contribution in [2.75, 3.05) is 35.7 Å². The number of aliphatic hydroxyl groups excluding tert-OH is 1. The molecule has 0 atom stereocenters. The molecule has 0 unspecified atom stereocenters. The topological polar surface area (TPSA) is 137 Å². The minimum Gasteiger partial charge on any atom is -0.491 e. The normalized spacial score (nSPS) is 10.7. The fourth-order valence-corrected chi connectivity index (χ4v) is 1.97. The first kappa shape index (κ1) is 17.2. The maximum absolute atomic E-state index is 12.1. The Morgan fingerprint density at radius 1 is 1.12 bits per heavy atom. The summed E-state index contributed by atoms with van der Waals surface area (Å²) in [4.78, 5) is 12.1. The quantitative estimate of drug-likeness (QED) is 0.402. The average Bonchev–Trinajstić information content (AvgIpc) is 2.56. The number of carbonyl (C=O) groups excluding carboxylic acids is 1. The highest BCUT2D eigenvalue weighted by atomic mass is 16.5. The van der Waals surface area contributed by atoms with E-state index in [2.05, 4.69) is 5.32 Å². The molecule has 0 bridgehead atoms. The fourth-order valence-electron chi connectivity index (χ4n) is 1.97. The molecule has 0 radical (unpaired) electrons. The molecule has 0 saturated heterocycles. The summed E-state index contributed by atoms with van der Waals surface area (Å²) >= 11 is 0. The number of carbonyl (C=O) groups is 1. The number of amides is 1. The molecule has 0 aliphatic heterocycles. The van der Waals surface area contributed by atoms with Crippen LogP contribution in [-0.2, 0) is 4.79 Å². The van der Waals surface area contributed by atoms with Gasteiger partial charge in [0, 0.05) is 23.5 Å². The van der Waals surface area contributed by atoms with E-state index in [0.29, 0.717) is 34.1 Å². The summed E-state index contributed by atoms with van der Waals surface area (Å²) in [6.07, 6.45) is 2.91. The van der Waals surface area contributed by atoms with Gasteiger partial charge in [0.2, 0.25) is 5.91 Å². The molecular weight excluding hydrogens is 308 g/mol. The Hall–Kier alpha value is -3.19. The van der Waals surface area contributed by atoms with Gasteiger partial charge in [-0.15, -0.1) is 0 Å². The maximum atomic E-state index is 12.1. The number of anilines is 4. The van der Waals surface area contributed by atoms with Gasteiger partial charge in [-0.2, -0.15) is 0 Å². The van der Waals surface area contributed by atoms with Crippen molar-refractivity contribution in [3.8, 4) is 5.75 Å². The monoisotopic (exact) mass is 328 g/mol. The summed E-state index contributed by atoms with van der Waals surface area (Å²) in [5, 5.41) is 11.4. The number of hydrogen-bond acceptors (Lipinski definition) is 6. The average molecular weight is 328 g/mol. The van der Waals surface area contributed by atoms with Gasteiger partial charge in [-0.3, -0.25) is 4.79 Å². The van der Waals surface area contributed by atoms with E-state index in [9.17, 15) is 4.79 Å². The van der Waals surface area contributed by atoms with Crippen molar-refractivity contribution in [2.24, 2.45) is 0 Å². The van der Waals surface area contributed by atoms with Crippen molar-refractivity contribution in [1.82, 2.24) is 0 Å². The number of rotatable bonds is 6. The minimum atomic E-state index is -0.372. The van der Waals surface area contributed by atoms with Gasteiger partial charge in [0.05, 0.1) is 18.0 Å². The first-order valence-electron chi connectivity index (χ1n) is 7.27. The van der Waals surface area contributed by atoms with Crippen molar-refractivity contribution in [3.63, 3.8) is 0 Å². The molecule has 2 rings (SSSR count). The van der Waals surface area contributed by atoms with E-state index in [0.717, 1.165) is 0 Å². The second-order valence-electron chi connectivity index (χ2n) is 5.03. The molecule has 24 heavy (non-hydrogen) atoms. The van der Waals surface area contributed by atoms with Crippen LogP contribution in [0.4, 0.5) is 22.7 Å². The Balaban J connectivity index is 2.09. The number of ether oxygens (including phenoxy) is 1. The molecule has 2 aromatic rings. The summed E-state index contributed by atoms with van der Waals surface area (Å²) in [7, 11) is 0. The minimum absolute atomic E-state index is 0.101. The van der Waals surface area contributed by atoms with E-state index < -0.39 is 0 Å². The van der Waals surface area contributed by atoms with Crippen LogP contribution in [0.25, 0.3) is 6.08 Å². The summed E-state index contributed by atoms with van der Waals surface area (Å²) in [6.45, 7) is 0.0579. The van der Waals surface area contributed by atoms with Crippen LogP contribution < -0.4 is 27.3 Å². The lowest BCUT2D eigenvalue weighted by Gasteiger charge is -2.10. The van der Waals surface area contributed by atoms with Crippen LogP contribution in [0.1, 0.15) is 5.56 Å². The van der Waals surface area contributed by atoms with Crippen LogP contribution in [0, 0.1) is 0 Å². The van der Waals surface area contributed by atoms with E-state index >= 15 is 0 Å².